The van der Waals surface area contributed by atoms with E-state index in [0.717, 1.165) is 38.6 Å². The minimum absolute atomic E-state index is 0.0702. The number of carbonyl (C=O) groups is 1. The zero-order valence-corrected chi connectivity index (χ0v) is 10.3. The molecule has 0 bridgehead atoms. The Kier molecular flexibility index (Phi) is 6.42. The van der Waals surface area contributed by atoms with Crippen molar-refractivity contribution in [2.45, 2.75) is 50.7 Å². The van der Waals surface area contributed by atoms with Gasteiger partial charge >= 0.3 is 5.97 Å². The fourth-order valence-corrected chi connectivity index (χ4v) is 2.08. The topological polar surface area (TPSA) is 47.6 Å². The summed E-state index contributed by atoms with van der Waals surface area (Å²) in [6.07, 6.45) is 5.71. The van der Waals surface area contributed by atoms with E-state index in [4.69, 9.17) is 9.47 Å². The Morgan fingerprint density at radius 1 is 1.38 bits per heavy atom. The van der Waals surface area contributed by atoms with E-state index in [-0.39, 0.29) is 18.2 Å². The van der Waals surface area contributed by atoms with Crippen molar-refractivity contribution in [3.8, 4) is 0 Å². The molecule has 4 nitrogen and oxygen atoms in total. The maximum Gasteiger partial charge on any atom is 0.306 e. The number of rotatable bonds is 6. The smallest absolute Gasteiger partial charge is 0.306 e. The average Bonchev–Trinajstić information content (AvgIpc) is 2.29. The van der Waals surface area contributed by atoms with Gasteiger partial charge in [-0.15, -0.1) is 0 Å². The molecule has 2 unspecified atom stereocenters. The monoisotopic (exact) mass is 229 g/mol. The van der Waals surface area contributed by atoms with Gasteiger partial charge in [-0.1, -0.05) is 0 Å². The Labute approximate surface area is 97.7 Å². The summed E-state index contributed by atoms with van der Waals surface area (Å²) >= 11 is 0. The van der Waals surface area contributed by atoms with E-state index in [0.29, 0.717) is 6.42 Å². The first-order chi connectivity index (χ1) is 7.76. The molecule has 0 aromatic heterocycles. The Morgan fingerprint density at radius 3 is 2.81 bits per heavy atom. The molecule has 0 aliphatic heterocycles. The number of nitrogens with one attached hydrogen (secondary N) is 1. The largest absolute Gasteiger partial charge is 0.462 e. The molecule has 94 valence electrons. The van der Waals surface area contributed by atoms with E-state index in [2.05, 4.69) is 5.32 Å². The molecule has 1 aliphatic rings. The minimum atomic E-state index is -0.0722. The molecule has 0 spiro atoms. The van der Waals surface area contributed by atoms with Crippen LogP contribution in [0.5, 0.6) is 0 Å². The second kappa shape index (κ2) is 7.63. The lowest BCUT2D eigenvalue weighted by Crippen LogP contribution is -2.29. The van der Waals surface area contributed by atoms with Crippen LogP contribution < -0.4 is 5.32 Å². The maximum atomic E-state index is 11.5. The number of esters is 1. The van der Waals surface area contributed by atoms with Crippen LogP contribution in [0, 0.1) is 0 Å². The number of carbonyl (C=O) groups excluding carboxylic acids is 1. The SMILES string of the molecule is CNCCCC(=O)OC1CCCC(OC)C1. The molecular formula is C12H23NO3. The standard InChI is InChI=1S/C12H23NO3/c1-13-8-4-7-12(14)16-11-6-3-5-10(9-11)15-2/h10-11,13H,3-9H2,1-2H3. The van der Waals surface area contributed by atoms with Gasteiger partial charge in [-0.3, -0.25) is 4.79 Å². The van der Waals surface area contributed by atoms with Crippen molar-refractivity contribution in [2.24, 2.45) is 0 Å². The predicted molar refractivity (Wildman–Crippen MR) is 62.3 cm³/mol. The summed E-state index contributed by atoms with van der Waals surface area (Å²) in [5.41, 5.74) is 0. The van der Waals surface area contributed by atoms with Gasteiger partial charge in [0.05, 0.1) is 6.10 Å². The molecule has 0 radical (unpaired) electrons. The summed E-state index contributed by atoms with van der Waals surface area (Å²) in [7, 11) is 3.61. The molecule has 16 heavy (non-hydrogen) atoms. The number of methoxy groups -OCH3 is 1. The Morgan fingerprint density at radius 2 is 2.12 bits per heavy atom. The van der Waals surface area contributed by atoms with E-state index >= 15 is 0 Å². The molecule has 2 atom stereocenters. The molecule has 1 fully saturated rings. The van der Waals surface area contributed by atoms with Crippen LogP contribution in [0.25, 0.3) is 0 Å². The quantitative estimate of drug-likeness (QED) is 0.553. The van der Waals surface area contributed by atoms with Crippen molar-refractivity contribution in [1.29, 1.82) is 0 Å². The lowest BCUT2D eigenvalue weighted by Gasteiger charge is -2.27. The van der Waals surface area contributed by atoms with E-state index < -0.39 is 0 Å². The van der Waals surface area contributed by atoms with E-state index in [1.165, 1.54) is 0 Å². The van der Waals surface area contributed by atoms with Crippen LogP contribution in [0.1, 0.15) is 38.5 Å². The molecule has 0 saturated heterocycles. The summed E-state index contributed by atoms with van der Waals surface area (Å²) in [5.74, 6) is -0.0722. The third-order valence-corrected chi connectivity index (χ3v) is 3.02. The van der Waals surface area contributed by atoms with Gasteiger partial charge in [0.2, 0.25) is 0 Å². The molecule has 1 N–H and O–H groups in total. The predicted octanol–water partition coefficient (Wildman–Crippen LogP) is 1.49. The molecule has 0 heterocycles. The third-order valence-electron chi connectivity index (χ3n) is 3.02. The van der Waals surface area contributed by atoms with Gasteiger partial charge in [0.15, 0.2) is 0 Å². The fraction of sp³-hybridized carbons (Fsp3) is 0.917. The Bertz CT molecular complexity index is 208. The highest BCUT2D eigenvalue weighted by atomic mass is 16.5. The maximum absolute atomic E-state index is 11.5. The molecule has 0 aromatic carbocycles. The van der Waals surface area contributed by atoms with Gasteiger partial charge in [0.1, 0.15) is 6.10 Å². The van der Waals surface area contributed by atoms with Crippen LogP contribution in [0.3, 0.4) is 0 Å². The van der Waals surface area contributed by atoms with Crippen molar-refractivity contribution < 1.29 is 14.3 Å². The second-order valence-corrected chi connectivity index (χ2v) is 4.34. The van der Waals surface area contributed by atoms with Gasteiger partial charge in [-0.2, -0.15) is 0 Å². The van der Waals surface area contributed by atoms with Crippen molar-refractivity contribution in [2.75, 3.05) is 20.7 Å². The molecule has 1 saturated carbocycles. The first-order valence-electron chi connectivity index (χ1n) is 6.13. The van der Waals surface area contributed by atoms with Crippen LogP contribution in [-0.4, -0.2) is 38.9 Å². The van der Waals surface area contributed by atoms with E-state index in [9.17, 15) is 4.79 Å². The minimum Gasteiger partial charge on any atom is -0.462 e. The lowest BCUT2D eigenvalue weighted by atomic mass is 9.95. The molecule has 1 rings (SSSR count). The second-order valence-electron chi connectivity index (χ2n) is 4.34. The third kappa shape index (κ3) is 4.94. The number of ether oxygens (including phenoxy) is 2. The van der Waals surface area contributed by atoms with Gasteiger partial charge in [-0.05, 0) is 39.3 Å². The van der Waals surface area contributed by atoms with Crippen molar-refractivity contribution in [3.05, 3.63) is 0 Å². The summed E-state index contributed by atoms with van der Waals surface area (Å²) in [4.78, 5) is 11.5. The lowest BCUT2D eigenvalue weighted by molar-refractivity contribution is -0.152. The molecule has 4 heteroatoms. The van der Waals surface area contributed by atoms with Crippen LogP contribution in [0.15, 0.2) is 0 Å². The summed E-state index contributed by atoms with van der Waals surface area (Å²) in [6, 6.07) is 0. The molecule has 1 aliphatic carbocycles. The fourth-order valence-electron chi connectivity index (χ4n) is 2.08. The molecular weight excluding hydrogens is 206 g/mol. The van der Waals surface area contributed by atoms with Gasteiger partial charge < -0.3 is 14.8 Å². The Balaban J connectivity index is 2.17. The van der Waals surface area contributed by atoms with Gasteiger partial charge in [-0.25, -0.2) is 0 Å². The van der Waals surface area contributed by atoms with E-state index in [1.54, 1.807) is 7.11 Å². The zero-order valence-electron chi connectivity index (χ0n) is 10.3. The summed E-state index contributed by atoms with van der Waals surface area (Å²) in [5, 5.41) is 3.02. The summed E-state index contributed by atoms with van der Waals surface area (Å²) < 4.78 is 10.7. The van der Waals surface area contributed by atoms with Crippen molar-refractivity contribution in [3.63, 3.8) is 0 Å². The van der Waals surface area contributed by atoms with Crippen LogP contribution in [0.4, 0.5) is 0 Å². The first kappa shape index (κ1) is 13.5. The van der Waals surface area contributed by atoms with Crippen LogP contribution >= 0.6 is 0 Å². The first-order valence-corrected chi connectivity index (χ1v) is 6.13. The molecule has 0 amide bonds. The van der Waals surface area contributed by atoms with Gasteiger partial charge in [0.25, 0.3) is 0 Å². The average molecular weight is 229 g/mol. The van der Waals surface area contributed by atoms with Crippen LogP contribution in [-0.2, 0) is 14.3 Å². The van der Waals surface area contributed by atoms with Crippen molar-refractivity contribution >= 4 is 5.97 Å². The van der Waals surface area contributed by atoms with Crippen LogP contribution in [0.2, 0.25) is 0 Å². The number of hydrogen-bond acceptors (Lipinski definition) is 4. The van der Waals surface area contributed by atoms with Crippen molar-refractivity contribution in [1.82, 2.24) is 5.32 Å². The highest BCUT2D eigenvalue weighted by Crippen LogP contribution is 2.23. The number of hydrogen-bond donors (Lipinski definition) is 1. The summed E-state index contributed by atoms with van der Waals surface area (Å²) in [6.45, 7) is 0.862. The normalized spacial score (nSPS) is 25.4. The molecule has 0 aromatic rings. The highest BCUT2D eigenvalue weighted by molar-refractivity contribution is 5.69. The zero-order chi connectivity index (χ0) is 11.8. The van der Waals surface area contributed by atoms with E-state index in [1.807, 2.05) is 7.05 Å². The van der Waals surface area contributed by atoms with Gasteiger partial charge in [0, 0.05) is 20.0 Å². The highest BCUT2D eigenvalue weighted by Gasteiger charge is 2.24. The Hall–Kier alpha value is -0.610.